The highest BCUT2D eigenvalue weighted by atomic mass is 19.1. The molecule has 0 unspecified atom stereocenters. The van der Waals surface area contributed by atoms with Crippen molar-refractivity contribution in [1.82, 2.24) is 15.8 Å². The maximum absolute atomic E-state index is 15.3. The van der Waals surface area contributed by atoms with Crippen molar-refractivity contribution >= 4 is 29.5 Å². The van der Waals surface area contributed by atoms with Crippen LogP contribution in [0.1, 0.15) is 71.2 Å². The predicted octanol–water partition coefficient (Wildman–Crippen LogP) is 4.02. The zero-order valence-electron chi connectivity index (χ0n) is 22.2. The molecule has 1 atom stereocenters. The van der Waals surface area contributed by atoms with Crippen molar-refractivity contribution in [1.29, 1.82) is 0 Å². The van der Waals surface area contributed by atoms with Gasteiger partial charge in [0.05, 0.1) is 17.3 Å². The van der Waals surface area contributed by atoms with Crippen LogP contribution in [0.2, 0.25) is 0 Å². The Morgan fingerprint density at radius 1 is 1.00 bits per heavy atom. The SMILES string of the molecule is CN(C(=O)OC(C)(C)C)[C@H]1CCN(c2cc(NC3CC3)c(C(=O)NNC(=O)OC(C)(C)C)cc2F)C1. The van der Waals surface area contributed by atoms with Crippen molar-refractivity contribution in [2.24, 2.45) is 0 Å². The van der Waals surface area contributed by atoms with E-state index in [9.17, 15) is 14.4 Å². The molecule has 10 nitrogen and oxygen atoms in total. The quantitative estimate of drug-likeness (QED) is 0.516. The molecule has 1 aromatic rings. The average molecular weight is 508 g/mol. The van der Waals surface area contributed by atoms with Gasteiger partial charge in [0, 0.05) is 31.9 Å². The summed E-state index contributed by atoms with van der Waals surface area (Å²) in [5.41, 5.74) is 4.03. The minimum Gasteiger partial charge on any atom is -0.444 e. The molecule has 200 valence electrons. The van der Waals surface area contributed by atoms with Crippen molar-refractivity contribution < 1.29 is 28.2 Å². The number of hydrogen-bond acceptors (Lipinski definition) is 7. The molecule has 11 heteroatoms. The number of nitrogens with one attached hydrogen (secondary N) is 3. The van der Waals surface area contributed by atoms with E-state index in [2.05, 4.69) is 16.2 Å². The smallest absolute Gasteiger partial charge is 0.426 e. The molecule has 0 bridgehead atoms. The van der Waals surface area contributed by atoms with Crippen LogP contribution < -0.4 is 21.1 Å². The molecule has 36 heavy (non-hydrogen) atoms. The van der Waals surface area contributed by atoms with Crippen molar-refractivity contribution in [3.05, 3.63) is 23.5 Å². The maximum Gasteiger partial charge on any atom is 0.426 e. The zero-order chi connectivity index (χ0) is 26.8. The van der Waals surface area contributed by atoms with Crippen LogP contribution in [0.15, 0.2) is 12.1 Å². The van der Waals surface area contributed by atoms with Crippen LogP contribution in [0.25, 0.3) is 0 Å². The molecule has 3 rings (SSSR count). The highest BCUT2D eigenvalue weighted by Gasteiger charge is 2.33. The molecule has 0 spiro atoms. The Bertz CT molecular complexity index is 1000. The van der Waals surface area contributed by atoms with Gasteiger partial charge in [0.15, 0.2) is 0 Å². The number of halogens is 1. The first-order valence-electron chi connectivity index (χ1n) is 12.2. The number of amides is 3. The van der Waals surface area contributed by atoms with Crippen molar-refractivity contribution in [3.8, 4) is 0 Å². The first kappa shape index (κ1) is 27.3. The highest BCUT2D eigenvalue weighted by Crippen LogP contribution is 2.34. The number of likely N-dealkylation sites (N-methyl/N-ethyl adjacent to an activating group) is 1. The fraction of sp³-hybridized carbons (Fsp3) is 0.640. The van der Waals surface area contributed by atoms with Crippen LogP contribution in [-0.2, 0) is 9.47 Å². The van der Waals surface area contributed by atoms with Crippen LogP contribution in [0.4, 0.5) is 25.4 Å². The third-order valence-corrected chi connectivity index (χ3v) is 5.68. The molecule has 2 aliphatic rings. The fourth-order valence-electron chi connectivity index (χ4n) is 3.80. The molecular formula is C25H38FN5O5. The lowest BCUT2D eigenvalue weighted by Crippen LogP contribution is -2.44. The van der Waals surface area contributed by atoms with Crippen LogP contribution in [-0.4, -0.2) is 66.4 Å². The van der Waals surface area contributed by atoms with Gasteiger partial charge in [0.25, 0.3) is 5.91 Å². The van der Waals surface area contributed by atoms with Gasteiger partial charge in [0.2, 0.25) is 0 Å². The number of carbonyl (C=O) groups excluding carboxylic acids is 3. The molecule has 0 radical (unpaired) electrons. The normalized spacial score (nSPS) is 17.9. The van der Waals surface area contributed by atoms with E-state index in [1.807, 2.05) is 25.7 Å². The molecule has 1 aliphatic carbocycles. The third kappa shape index (κ3) is 7.63. The lowest BCUT2D eigenvalue weighted by molar-refractivity contribution is 0.0237. The van der Waals surface area contributed by atoms with Gasteiger partial charge in [-0.15, -0.1) is 0 Å². The van der Waals surface area contributed by atoms with Gasteiger partial charge in [-0.2, -0.15) is 0 Å². The maximum atomic E-state index is 15.3. The largest absolute Gasteiger partial charge is 0.444 e. The number of hydrazine groups is 1. The summed E-state index contributed by atoms with van der Waals surface area (Å²) >= 11 is 0. The number of benzene rings is 1. The molecule has 3 N–H and O–H groups in total. The Labute approximate surface area is 211 Å². The predicted molar refractivity (Wildman–Crippen MR) is 134 cm³/mol. The molecule has 0 aromatic heterocycles. The molecular weight excluding hydrogens is 469 g/mol. The Kier molecular flexibility index (Phi) is 7.90. The van der Waals surface area contributed by atoms with Gasteiger partial charge >= 0.3 is 12.2 Å². The van der Waals surface area contributed by atoms with E-state index in [1.165, 1.54) is 0 Å². The molecule has 1 aliphatic heterocycles. The molecule has 3 amide bonds. The Morgan fingerprint density at radius 3 is 2.22 bits per heavy atom. The second-order valence-electron chi connectivity index (χ2n) is 11.3. The molecule has 1 aromatic carbocycles. The number of carbonyl (C=O) groups is 3. The molecule has 1 saturated carbocycles. The van der Waals surface area contributed by atoms with Gasteiger partial charge in [0.1, 0.15) is 17.0 Å². The van der Waals surface area contributed by atoms with E-state index in [0.717, 1.165) is 18.9 Å². The second kappa shape index (κ2) is 10.4. The van der Waals surface area contributed by atoms with Crippen molar-refractivity contribution in [2.75, 3.05) is 30.4 Å². The number of ether oxygens (including phenoxy) is 2. The van der Waals surface area contributed by atoms with Crippen LogP contribution in [0.3, 0.4) is 0 Å². The van der Waals surface area contributed by atoms with E-state index < -0.39 is 35.1 Å². The van der Waals surface area contributed by atoms with Gasteiger partial charge in [-0.25, -0.2) is 19.4 Å². The van der Waals surface area contributed by atoms with Gasteiger partial charge < -0.3 is 24.6 Å². The van der Waals surface area contributed by atoms with Crippen LogP contribution in [0.5, 0.6) is 0 Å². The van der Waals surface area contributed by atoms with E-state index >= 15 is 4.39 Å². The first-order chi connectivity index (χ1) is 16.6. The summed E-state index contributed by atoms with van der Waals surface area (Å²) in [7, 11) is 1.68. The summed E-state index contributed by atoms with van der Waals surface area (Å²) < 4.78 is 25.8. The highest BCUT2D eigenvalue weighted by molar-refractivity contribution is 6.01. The Morgan fingerprint density at radius 2 is 1.64 bits per heavy atom. The van der Waals surface area contributed by atoms with Crippen LogP contribution in [0, 0.1) is 5.82 Å². The van der Waals surface area contributed by atoms with E-state index in [-0.39, 0.29) is 17.6 Å². The Balaban J connectivity index is 1.73. The lowest BCUT2D eigenvalue weighted by atomic mass is 10.1. The summed E-state index contributed by atoms with van der Waals surface area (Å²) in [6, 6.07) is 2.85. The molecule has 2 fully saturated rings. The second-order valence-corrected chi connectivity index (χ2v) is 11.3. The summed E-state index contributed by atoms with van der Waals surface area (Å²) in [5.74, 6) is -1.24. The topological polar surface area (TPSA) is 112 Å². The summed E-state index contributed by atoms with van der Waals surface area (Å²) in [4.78, 5) is 40.6. The van der Waals surface area contributed by atoms with E-state index in [1.54, 1.807) is 38.8 Å². The van der Waals surface area contributed by atoms with Gasteiger partial charge in [-0.05, 0) is 72.9 Å². The average Bonchev–Trinajstić information content (AvgIpc) is 3.42. The van der Waals surface area contributed by atoms with Gasteiger partial charge in [-0.3, -0.25) is 10.2 Å². The zero-order valence-corrected chi connectivity index (χ0v) is 22.2. The van der Waals surface area contributed by atoms with Crippen molar-refractivity contribution in [3.63, 3.8) is 0 Å². The number of hydrogen-bond donors (Lipinski definition) is 3. The Hall–Kier alpha value is -3.24. The first-order valence-corrected chi connectivity index (χ1v) is 12.2. The number of rotatable bonds is 5. The van der Waals surface area contributed by atoms with Crippen LogP contribution >= 0.6 is 0 Å². The summed E-state index contributed by atoms with van der Waals surface area (Å²) in [5, 5.41) is 3.28. The van der Waals surface area contributed by atoms with E-state index in [0.29, 0.717) is 30.9 Å². The molecule has 1 saturated heterocycles. The lowest BCUT2D eigenvalue weighted by Gasteiger charge is -2.29. The minimum absolute atomic E-state index is 0.0702. The fourth-order valence-corrected chi connectivity index (χ4v) is 3.80. The third-order valence-electron chi connectivity index (χ3n) is 5.68. The number of nitrogens with zero attached hydrogens (tertiary/aromatic N) is 2. The standard InChI is InChI=1S/C25H38FN5O5/c1-24(2,3)35-22(33)29-28-21(32)17-12-18(26)20(13-19(17)27-15-8-9-15)31-11-10-16(14-31)30(7)23(34)36-25(4,5)6/h12-13,15-16,27H,8-11,14H2,1-7H3,(H,28,32)(H,29,33)/t16-/m0/s1. The molecule has 1 heterocycles. The van der Waals surface area contributed by atoms with Gasteiger partial charge in [-0.1, -0.05) is 0 Å². The monoisotopic (exact) mass is 507 g/mol. The van der Waals surface area contributed by atoms with E-state index in [4.69, 9.17) is 9.47 Å². The van der Waals surface area contributed by atoms with Crippen molar-refractivity contribution in [2.45, 2.75) is 84.1 Å². The summed E-state index contributed by atoms with van der Waals surface area (Å²) in [6.45, 7) is 11.5. The minimum atomic E-state index is -0.818. The number of anilines is 2. The summed E-state index contributed by atoms with van der Waals surface area (Å²) in [6.07, 6.45) is 1.33.